The molecule has 0 saturated carbocycles. The van der Waals surface area contributed by atoms with E-state index in [0.717, 1.165) is 70.5 Å². The van der Waals surface area contributed by atoms with Crippen LogP contribution < -0.4 is 5.32 Å². The Morgan fingerprint density at radius 3 is 2.26 bits per heavy atom. The van der Waals surface area contributed by atoms with E-state index in [4.69, 9.17) is 0 Å². The zero-order valence-electron chi connectivity index (χ0n) is 20.3. The molecule has 3 aliphatic heterocycles. The van der Waals surface area contributed by atoms with Gasteiger partial charge in [0.2, 0.25) is 5.91 Å². The van der Waals surface area contributed by atoms with Gasteiger partial charge in [0.1, 0.15) is 0 Å². The second-order valence-corrected chi connectivity index (χ2v) is 10.1. The van der Waals surface area contributed by atoms with E-state index in [2.05, 4.69) is 43.8 Å². The molecule has 0 aromatic rings. The highest BCUT2D eigenvalue weighted by atomic mass is 16.2. The standard InChI is InChI=1S/C24H46N6O/c1-21(2)18-28-10-8-9-22(19-28)17-26-24(25-3)30-15-13-27(14-16-30)20-23(31)29-11-6-4-5-7-12-29/h21-22H,4-20H2,1-3H3,(H,25,26). The van der Waals surface area contributed by atoms with Crippen LogP contribution in [0.25, 0.3) is 0 Å². The molecule has 1 unspecified atom stereocenters. The first kappa shape index (κ1) is 24.3. The summed E-state index contributed by atoms with van der Waals surface area (Å²) in [5.74, 6) is 2.79. The van der Waals surface area contributed by atoms with Gasteiger partial charge in [0, 0.05) is 66.0 Å². The van der Waals surface area contributed by atoms with Crippen molar-refractivity contribution in [3.63, 3.8) is 0 Å². The number of nitrogens with zero attached hydrogens (tertiary/aromatic N) is 5. The van der Waals surface area contributed by atoms with Crippen LogP contribution in [-0.2, 0) is 4.79 Å². The Kier molecular flexibility index (Phi) is 9.91. The van der Waals surface area contributed by atoms with Crippen molar-refractivity contribution in [2.24, 2.45) is 16.8 Å². The number of aliphatic imine (C=N–C) groups is 1. The van der Waals surface area contributed by atoms with Crippen molar-refractivity contribution >= 4 is 11.9 Å². The average Bonchev–Trinajstić information content (AvgIpc) is 3.05. The normalized spacial score (nSPS) is 25.0. The monoisotopic (exact) mass is 434 g/mol. The molecule has 3 saturated heterocycles. The van der Waals surface area contributed by atoms with Gasteiger partial charge in [-0.2, -0.15) is 0 Å². The molecule has 0 aromatic heterocycles. The molecule has 7 heteroatoms. The molecule has 1 amide bonds. The van der Waals surface area contributed by atoms with Crippen LogP contribution >= 0.6 is 0 Å². The quantitative estimate of drug-likeness (QED) is 0.512. The SMILES string of the molecule is CN=C(NCC1CCCN(CC(C)C)C1)N1CCN(CC(=O)N2CCCCCC2)CC1. The van der Waals surface area contributed by atoms with Gasteiger partial charge in [-0.1, -0.05) is 26.7 Å². The van der Waals surface area contributed by atoms with Gasteiger partial charge in [0.15, 0.2) is 5.96 Å². The zero-order valence-corrected chi connectivity index (χ0v) is 20.3. The van der Waals surface area contributed by atoms with Crippen molar-refractivity contribution in [2.45, 2.75) is 52.4 Å². The lowest BCUT2D eigenvalue weighted by Gasteiger charge is -2.38. The van der Waals surface area contributed by atoms with Gasteiger partial charge < -0.3 is 20.0 Å². The third kappa shape index (κ3) is 7.94. The molecule has 31 heavy (non-hydrogen) atoms. The topological polar surface area (TPSA) is 54.4 Å². The minimum absolute atomic E-state index is 0.320. The Balaban J connectivity index is 1.38. The lowest BCUT2D eigenvalue weighted by atomic mass is 9.97. The van der Waals surface area contributed by atoms with E-state index in [0.29, 0.717) is 18.4 Å². The molecule has 3 fully saturated rings. The van der Waals surface area contributed by atoms with Gasteiger partial charge >= 0.3 is 0 Å². The van der Waals surface area contributed by atoms with E-state index >= 15 is 0 Å². The molecule has 3 heterocycles. The van der Waals surface area contributed by atoms with E-state index in [-0.39, 0.29) is 0 Å². The number of piperazine rings is 1. The van der Waals surface area contributed by atoms with E-state index in [1.165, 1.54) is 45.3 Å². The van der Waals surface area contributed by atoms with Crippen LogP contribution in [0.5, 0.6) is 0 Å². The molecule has 0 aromatic carbocycles. The largest absolute Gasteiger partial charge is 0.356 e. The number of hydrogen-bond donors (Lipinski definition) is 1. The number of guanidine groups is 1. The Bertz CT molecular complexity index is 564. The van der Waals surface area contributed by atoms with E-state index in [1.54, 1.807) is 0 Å². The number of amides is 1. The van der Waals surface area contributed by atoms with Crippen LogP contribution in [0, 0.1) is 11.8 Å². The first-order chi connectivity index (χ1) is 15.0. The second-order valence-electron chi connectivity index (χ2n) is 10.1. The first-order valence-corrected chi connectivity index (χ1v) is 12.7. The van der Waals surface area contributed by atoms with Gasteiger partial charge in [-0.05, 0) is 44.1 Å². The maximum Gasteiger partial charge on any atom is 0.236 e. The van der Waals surface area contributed by atoms with E-state index in [1.807, 2.05) is 7.05 Å². The number of carbonyl (C=O) groups excluding carboxylic acids is 1. The van der Waals surface area contributed by atoms with Crippen molar-refractivity contribution in [2.75, 3.05) is 79.0 Å². The molecule has 0 aliphatic carbocycles. The minimum Gasteiger partial charge on any atom is -0.356 e. The van der Waals surface area contributed by atoms with Crippen LogP contribution in [0.4, 0.5) is 0 Å². The lowest BCUT2D eigenvalue weighted by Crippen LogP contribution is -2.55. The highest BCUT2D eigenvalue weighted by molar-refractivity contribution is 5.80. The Labute approximate surface area is 190 Å². The van der Waals surface area contributed by atoms with Gasteiger partial charge in [-0.15, -0.1) is 0 Å². The zero-order chi connectivity index (χ0) is 22.1. The Morgan fingerprint density at radius 2 is 1.61 bits per heavy atom. The summed E-state index contributed by atoms with van der Waals surface area (Å²) >= 11 is 0. The molecule has 3 rings (SSSR count). The molecule has 0 radical (unpaired) electrons. The number of nitrogens with one attached hydrogen (secondary N) is 1. The number of piperidine rings is 1. The molecule has 178 valence electrons. The third-order valence-corrected chi connectivity index (χ3v) is 6.98. The van der Waals surface area contributed by atoms with Gasteiger partial charge in [0.05, 0.1) is 6.54 Å². The number of likely N-dealkylation sites (tertiary alicyclic amines) is 2. The Morgan fingerprint density at radius 1 is 0.903 bits per heavy atom. The summed E-state index contributed by atoms with van der Waals surface area (Å²) in [7, 11) is 1.89. The fourth-order valence-electron chi connectivity index (χ4n) is 5.30. The van der Waals surface area contributed by atoms with Crippen LogP contribution in [0.3, 0.4) is 0 Å². The minimum atomic E-state index is 0.320. The Hall–Kier alpha value is -1.34. The summed E-state index contributed by atoms with van der Waals surface area (Å²) in [5, 5.41) is 3.65. The van der Waals surface area contributed by atoms with Crippen LogP contribution in [0.15, 0.2) is 4.99 Å². The molecule has 0 bridgehead atoms. The number of hydrogen-bond acceptors (Lipinski definition) is 4. The molecule has 0 spiro atoms. The first-order valence-electron chi connectivity index (χ1n) is 12.7. The number of carbonyl (C=O) groups is 1. The van der Waals surface area contributed by atoms with Crippen LogP contribution in [0.2, 0.25) is 0 Å². The second kappa shape index (κ2) is 12.6. The summed E-state index contributed by atoms with van der Waals surface area (Å²) in [4.78, 5) is 26.7. The van der Waals surface area contributed by atoms with Crippen LogP contribution in [-0.4, -0.2) is 111 Å². The maximum absolute atomic E-state index is 12.7. The summed E-state index contributed by atoms with van der Waals surface area (Å²) in [6, 6.07) is 0. The highest BCUT2D eigenvalue weighted by Gasteiger charge is 2.25. The molecule has 3 aliphatic rings. The van der Waals surface area contributed by atoms with Crippen molar-refractivity contribution in [3.8, 4) is 0 Å². The third-order valence-electron chi connectivity index (χ3n) is 6.98. The molecule has 1 atom stereocenters. The average molecular weight is 435 g/mol. The smallest absolute Gasteiger partial charge is 0.236 e. The van der Waals surface area contributed by atoms with Gasteiger partial charge in [-0.3, -0.25) is 14.7 Å². The summed E-state index contributed by atoms with van der Waals surface area (Å²) < 4.78 is 0. The molecular formula is C24H46N6O. The number of rotatable bonds is 6. The predicted molar refractivity (Wildman–Crippen MR) is 128 cm³/mol. The lowest BCUT2D eigenvalue weighted by molar-refractivity contribution is -0.132. The maximum atomic E-state index is 12.7. The molecular weight excluding hydrogens is 388 g/mol. The fourth-order valence-corrected chi connectivity index (χ4v) is 5.30. The van der Waals surface area contributed by atoms with E-state index in [9.17, 15) is 4.79 Å². The van der Waals surface area contributed by atoms with E-state index < -0.39 is 0 Å². The summed E-state index contributed by atoms with van der Waals surface area (Å²) in [6.07, 6.45) is 7.48. The summed E-state index contributed by atoms with van der Waals surface area (Å²) in [5.41, 5.74) is 0. The van der Waals surface area contributed by atoms with Gasteiger partial charge in [0.25, 0.3) is 0 Å². The van der Waals surface area contributed by atoms with Gasteiger partial charge in [-0.25, -0.2) is 0 Å². The van der Waals surface area contributed by atoms with Crippen LogP contribution in [0.1, 0.15) is 52.4 Å². The highest BCUT2D eigenvalue weighted by Crippen LogP contribution is 2.17. The molecule has 1 N–H and O–H groups in total. The molecule has 7 nitrogen and oxygen atoms in total. The van der Waals surface area contributed by atoms with Crippen molar-refractivity contribution in [3.05, 3.63) is 0 Å². The van der Waals surface area contributed by atoms with Crippen molar-refractivity contribution < 1.29 is 4.79 Å². The predicted octanol–water partition coefficient (Wildman–Crippen LogP) is 1.95. The summed E-state index contributed by atoms with van der Waals surface area (Å²) in [6.45, 7) is 15.5. The van der Waals surface area contributed by atoms with Crippen molar-refractivity contribution in [1.82, 2.24) is 24.9 Å². The fraction of sp³-hybridized carbons (Fsp3) is 0.917. The van der Waals surface area contributed by atoms with Crippen molar-refractivity contribution in [1.29, 1.82) is 0 Å².